The fourth-order valence-electron chi connectivity index (χ4n) is 1.68. The maximum atomic E-state index is 3.13. The van der Waals surface area contributed by atoms with Gasteiger partial charge in [-0.3, -0.25) is 4.72 Å². The first-order chi connectivity index (χ1) is 4.83. The molecule has 1 aliphatic carbocycles. The quantitative estimate of drug-likeness (QED) is 0.634. The predicted molar refractivity (Wildman–Crippen MR) is 48.0 cm³/mol. The lowest BCUT2D eigenvalue weighted by Gasteiger charge is -2.06. The Labute approximate surface area is 68.1 Å². The summed E-state index contributed by atoms with van der Waals surface area (Å²) in [6.45, 7) is 2.37. The molecule has 0 spiro atoms. The van der Waals surface area contributed by atoms with E-state index < -0.39 is 0 Å². The highest BCUT2D eigenvalue weighted by Gasteiger charge is 2.20. The molecule has 0 radical (unpaired) electrons. The molecule has 1 rings (SSSR count). The lowest BCUT2D eigenvalue weighted by Crippen LogP contribution is -2.03. The number of nitrogens with one attached hydrogen (secondary N) is 1. The van der Waals surface area contributed by atoms with Gasteiger partial charge in [-0.2, -0.15) is 0 Å². The molecular weight excluding hydrogens is 142 g/mol. The van der Waals surface area contributed by atoms with E-state index in [1.54, 1.807) is 0 Å². The second-order valence-corrected chi connectivity index (χ2v) is 4.33. The molecular formula is C8H17NS. The van der Waals surface area contributed by atoms with Gasteiger partial charge in [-0.05, 0) is 31.7 Å². The fraction of sp³-hybridized carbons (Fsp3) is 1.00. The van der Waals surface area contributed by atoms with E-state index in [1.807, 2.05) is 19.0 Å². The van der Waals surface area contributed by atoms with Gasteiger partial charge in [0.15, 0.2) is 0 Å². The topological polar surface area (TPSA) is 12.0 Å². The molecule has 0 bridgehead atoms. The van der Waals surface area contributed by atoms with Crippen molar-refractivity contribution in [3.8, 4) is 0 Å². The van der Waals surface area contributed by atoms with Gasteiger partial charge < -0.3 is 0 Å². The van der Waals surface area contributed by atoms with Crippen molar-refractivity contribution in [2.75, 3.05) is 12.8 Å². The van der Waals surface area contributed by atoms with Crippen LogP contribution in [-0.4, -0.2) is 12.8 Å². The van der Waals surface area contributed by atoms with Crippen LogP contribution in [0.3, 0.4) is 0 Å². The Hall–Kier alpha value is 0.310. The van der Waals surface area contributed by atoms with Crippen molar-refractivity contribution < 1.29 is 0 Å². The van der Waals surface area contributed by atoms with Gasteiger partial charge in [-0.1, -0.05) is 25.3 Å². The highest BCUT2D eigenvalue weighted by molar-refractivity contribution is 7.97. The van der Waals surface area contributed by atoms with E-state index in [1.165, 1.54) is 25.0 Å². The van der Waals surface area contributed by atoms with Crippen LogP contribution < -0.4 is 4.72 Å². The molecule has 0 saturated heterocycles. The van der Waals surface area contributed by atoms with Gasteiger partial charge in [0.2, 0.25) is 0 Å². The largest absolute Gasteiger partial charge is 0.267 e. The smallest absolute Gasteiger partial charge is 0.0107 e. The van der Waals surface area contributed by atoms with E-state index in [9.17, 15) is 0 Å². The molecule has 2 atom stereocenters. The summed E-state index contributed by atoms with van der Waals surface area (Å²) in [6, 6.07) is 0. The summed E-state index contributed by atoms with van der Waals surface area (Å²) < 4.78 is 3.13. The van der Waals surface area contributed by atoms with Gasteiger partial charge in [-0.15, -0.1) is 0 Å². The Balaban J connectivity index is 2.06. The molecule has 2 heteroatoms. The highest BCUT2D eigenvalue weighted by atomic mass is 32.2. The summed E-state index contributed by atoms with van der Waals surface area (Å²) in [5.74, 6) is 3.29. The zero-order chi connectivity index (χ0) is 7.40. The highest BCUT2D eigenvalue weighted by Crippen LogP contribution is 2.31. The van der Waals surface area contributed by atoms with Crippen molar-refractivity contribution in [1.82, 2.24) is 4.72 Å². The van der Waals surface area contributed by atoms with Crippen LogP contribution in [0.15, 0.2) is 0 Å². The summed E-state index contributed by atoms with van der Waals surface area (Å²) in [6.07, 6.45) is 4.36. The minimum absolute atomic E-state index is 0.988. The average Bonchev–Trinajstić information content (AvgIpc) is 2.31. The summed E-state index contributed by atoms with van der Waals surface area (Å²) >= 11 is 1.86. The fourth-order valence-corrected chi connectivity index (χ4v) is 2.38. The van der Waals surface area contributed by atoms with E-state index in [4.69, 9.17) is 0 Å². The van der Waals surface area contributed by atoms with Crippen molar-refractivity contribution >= 4 is 11.9 Å². The molecule has 0 aromatic heterocycles. The van der Waals surface area contributed by atoms with Crippen molar-refractivity contribution in [3.63, 3.8) is 0 Å². The molecule has 1 fully saturated rings. The lowest BCUT2D eigenvalue weighted by molar-refractivity contribution is 0.561. The third-order valence-corrected chi connectivity index (χ3v) is 3.19. The van der Waals surface area contributed by atoms with E-state index in [-0.39, 0.29) is 0 Å². The van der Waals surface area contributed by atoms with E-state index in [0.29, 0.717) is 0 Å². The van der Waals surface area contributed by atoms with Crippen LogP contribution in [-0.2, 0) is 0 Å². The third-order valence-electron chi connectivity index (χ3n) is 2.27. The molecule has 60 valence electrons. The second-order valence-electron chi connectivity index (χ2n) is 3.30. The predicted octanol–water partition coefficient (Wildman–Crippen LogP) is 2.29. The normalized spacial score (nSPS) is 33.0. The van der Waals surface area contributed by atoms with Crippen LogP contribution in [0.2, 0.25) is 0 Å². The van der Waals surface area contributed by atoms with Crippen molar-refractivity contribution in [2.24, 2.45) is 11.8 Å². The van der Waals surface area contributed by atoms with Crippen LogP contribution in [0.25, 0.3) is 0 Å². The molecule has 1 N–H and O–H groups in total. The second kappa shape index (κ2) is 4.24. The zero-order valence-electron chi connectivity index (χ0n) is 6.89. The first-order valence-corrected chi connectivity index (χ1v) is 5.10. The van der Waals surface area contributed by atoms with Gasteiger partial charge in [-0.25, -0.2) is 0 Å². The molecule has 0 aliphatic heterocycles. The summed E-state index contributed by atoms with van der Waals surface area (Å²) in [4.78, 5) is 0. The SMILES string of the molecule is CNSCC1CCC(C)C1. The Morgan fingerprint density at radius 1 is 1.50 bits per heavy atom. The van der Waals surface area contributed by atoms with E-state index >= 15 is 0 Å². The first-order valence-electron chi connectivity index (χ1n) is 4.11. The van der Waals surface area contributed by atoms with Crippen LogP contribution in [0.4, 0.5) is 0 Å². The van der Waals surface area contributed by atoms with Gasteiger partial charge >= 0.3 is 0 Å². The Morgan fingerprint density at radius 3 is 2.80 bits per heavy atom. The lowest BCUT2D eigenvalue weighted by atomic mass is 10.1. The summed E-state index contributed by atoms with van der Waals surface area (Å²) in [5, 5.41) is 0. The van der Waals surface area contributed by atoms with Gasteiger partial charge in [0, 0.05) is 5.75 Å². The Kier molecular flexibility index (Phi) is 3.57. The number of hydrogen-bond acceptors (Lipinski definition) is 2. The van der Waals surface area contributed by atoms with E-state index in [2.05, 4.69) is 11.6 Å². The van der Waals surface area contributed by atoms with Crippen LogP contribution in [0, 0.1) is 11.8 Å². The standard InChI is InChI=1S/C8H17NS/c1-7-3-4-8(5-7)6-10-9-2/h7-9H,3-6H2,1-2H3. The molecule has 0 amide bonds. The van der Waals surface area contributed by atoms with Crippen molar-refractivity contribution in [3.05, 3.63) is 0 Å². The molecule has 0 aromatic carbocycles. The van der Waals surface area contributed by atoms with Crippen molar-refractivity contribution in [2.45, 2.75) is 26.2 Å². The molecule has 0 heterocycles. The third kappa shape index (κ3) is 2.51. The monoisotopic (exact) mass is 159 g/mol. The van der Waals surface area contributed by atoms with Crippen LogP contribution >= 0.6 is 11.9 Å². The minimum atomic E-state index is 0.988. The van der Waals surface area contributed by atoms with Gasteiger partial charge in [0.1, 0.15) is 0 Å². The van der Waals surface area contributed by atoms with Crippen LogP contribution in [0.5, 0.6) is 0 Å². The minimum Gasteiger partial charge on any atom is -0.267 e. The van der Waals surface area contributed by atoms with Gasteiger partial charge in [0.05, 0.1) is 0 Å². The average molecular weight is 159 g/mol. The first kappa shape index (κ1) is 8.41. The van der Waals surface area contributed by atoms with Gasteiger partial charge in [0.25, 0.3) is 0 Å². The molecule has 10 heavy (non-hydrogen) atoms. The van der Waals surface area contributed by atoms with Crippen LogP contribution in [0.1, 0.15) is 26.2 Å². The zero-order valence-corrected chi connectivity index (χ0v) is 7.71. The molecule has 1 nitrogen and oxygen atoms in total. The van der Waals surface area contributed by atoms with E-state index in [0.717, 1.165) is 11.8 Å². The molecule has 2 unspecified atom stereocenters. The molecule has 0 aromatic rings. The maximum Gasteiger partial charge on any atom is 0.0107 e. The summed E-state index contributed by atoms with van der Waals surface area (Å²) in [5.41, 5.74) is 0. The number of hydrogen-bond donors (Lipinski definition) is 1. The number of rotatable bonds is 3. The summed E-state index contributed by atoms with van der Waals surface area (Å²) in [7, 11) is 2.00. The maximum absolute atomic E-state index is 3.13. The van der Waals surface area contributed by atoms with Crippen molar-refractivity contribution in [1.29, 1.82) is 0 Å². The molecule has 1 aliphatic rings. The molecule has 1 saturated carbocycles. The Morgan fingerprint density at radius 2 is 2.30 bits per heavy atom. The Bertz CT molecular complexity index is 95.3.